The van der Waals surface area contributed by atoms with Crippen LogP contribution in [0.4, 0.5) is 0 Å². The number of rotatable bonds is 5. The summed E-state index contributed by atoms with van der Waals surface area (Å²) in [4.78, 5) is 0. The van der Waals surface area contributed by atoms with Gasteiger partial charge in [-0.05, 0) is 36.0 Å². The van der Waals surface area contributed by atoms with Gasteiger partial charge in [0, 0.05) is 12.6 Å². The van der Waals surface area contributed by atoms with Gasteiger partial charge in [-0.25, -0.2) is 0 Å². The second-order valence-electron chi connectivity index (χ2n) is 6.52. The smallest absolute Gasteiger partial charge is 0.200 e. The molecule has 4 nitrogen and oxygen atoms in total. The first-order chi connectivity index (χ1) is 9.97. The van der Waals surface area contributed by atoms with Crippen molar-refractivity contribution in [2.24, 2.45) is 5.41 Å². The van der Waals surface area contributed by atoms with E-state index in [0.717, 1.165) is 12.1 Å². The van der Waals surface area contributed by atoms with Crippen LogP contribution in [0.15, 0.2) is 12.1 Å². The SMILES string of the molecule is COc1cc(CNC2CCCCC2(C)C)cc(OC)c1O. The van der Waals surface area contributed by atoms with E-state index in [9.17, 15) is 5.11 Å². The van der Waals surface area contributed by atoms with Gasteiger partial charge in [0.05, 0.1) is 14.2 Å². The normalized spacial score (nSPS) is 21.0. The van der Waals surface area contributed by atoms with Crippen LogP contribution < -0.4 is 14.8 Å². The summed E-state index contributed by atoms with van der Waals surface area (Å²) < 4.78 is 10.4. The summed E-state index contributed by atoms with van der Waals surface area (Å²) >= 11 is 0. The fourth-order valence-corrected chi connectivity index (χ4v) is 3.16. The molecule has 0 amide bonds. The van der Waals surface area contributed by atoms with Crippen molar-refractivity contribution in [1.29, 1.82) is 0 Å². The van der Waals surface area contributed by atoms with Crippen LogP contribution in [0, 0.1) is 5.41 Å². The first-order valence-electron chi connectivity index (χ1n) is 7.65. The Morgan fingerprint density at radius 1 is 1.19 bits per heavy atom. The molecule has 1 aliphatic rings. The van der Waals surface area contributed by atoms with E-state index in [4.69, 9.17) is 9.47 Å². The summed E-state index contributed by atoms with van der Waals surface area (Å²) in [6.07, 6.45) is 5.11. The molecule has 0 spiro atoms. The van der Waals surface area contributed by atoms with E-state index >= 15 is 0 Å². The number of aromatic hydroxyl groups is 1. The molecule has 1 atom stereocenters. The van der Waals surface area contributed by atoms with Crippen molar-refractivity contribution in [2.45, 2.75) is 52.1 Å². The predicted molar refractivity (Wildman–Crippen MR) is 84.1 cm³/mol. The minimum Gasteiger partial charge on any atom is -0.502 e. The summed E-state index contributed by atoms with van der Waals surface area (Å²) in [5, 5.41) is 13.6. The summed E-state index contributed by atoms with van der Waals surface area (Å²) in [5.41, 5.74) is 1.39. The van der Waals surface area contributed by atoms with E-state index in [1.165, 1.54) is 25.7 Å². The molecule has 1 aromatic rings. The molecule has 2 N–H and O–H groups in total. The molecule has 1 aliphatic carbocycles. The molecule has 1 unspecified atom stereocenters. The predicted octanol–water partition coefficient (Wildman–Crippen LogP) is 3.47. The highest BCUT2D eigenvalue weighted by Gasteiger charge is 2.31. The van der Waals surface area contributed by atoms with Crippen LogP contribution in [0.25, 0.3) is 0 Å². The average Bonchev–Trinajstić information content (AvgIpc) is 2.46. The highest BCUT2D eigenvalue weighted by molar-refractivity contribution is 5.52. The number of nitrogens with one attached hydrogen (secondary N) is 1. The van der Waals surface area contributed by atoms with Gasteiger partial charge in [-0.3, -0.25) is 0 Å². The number of phenols is 1. The second-order valence-corrected chi connectivity index (χ2v) is 6.52. The van der Waals surface area contributed by atoms with Crippen LogP contribution in [0.2, 0.25) is 0 Å². The van der Waals surface area contributed by atoms with Crippen molar-refractivity contribution in [3.63, 3.8) is 0 Å². The van der Waals surface area contributed by atoms with Crippen LogP contribution in [-0.2, 0) is 6.54 Å². The van der Waals surface area contributed by atoms with Crippen molar-refractivity contribution >= 4 is 0 Å². The standard InChI is InChI=1S/C17H27NO3/c1-17(2)8-6-5-7-15(17)18-11-12-9-13(20-3)16(19)14(10-12)21-4/h9-10,15,18-19H,5-8,11H2,1-4H3. The van der Waals surface area contributed by atoms with Crippen molar-refractivity contribution in [1.82, 2.24) is 5.32 Å². The molecular weight excluding hydrogens is 266 g/mol. The molecule has 1 aromatic carbocycles. The van der Waals surface area contributed by atoms with Crippen LogP contribution in [-0.4, -0.2) is 25.4 Å². The van der Waals surface area contributed by atoms with Gasteiger partial charge in [-0.15, -0.1) is 0 Å². The van der Waals surface area contributed by atoms with Gasteiger partial charge < -0.3 is 19.9 Å². The van der Waals surface area contributed by atoms with Gasteiger partial charge in [0.2, 0.25) is 5.75 Å². The Balaban J connectivity index is 2.09. The molecule has 21 heavy (non-hydrogen) atoms. The maximum absolute atomic E-state index is 9.94. The lowest BCUT2D eigenvalue weighted by Crippen LogP contribution is -2.43. The average molecular weight is 293 g/mol. The zero-order valence-electron chi connectivity index (χ0n) is 13.5. The Morgan fingerprint density at radius 2 is 1.81 bits per heavy atom. The molecular formula is C17H27NO3. The van der Waals surface area contributed by atoms with Crippen LogP contribution in [0.5, 0.6) is 17.2 Å². The highest BCUT2D eigenvalue weighted by Crippen LogP contribution is 2.38. The van der Waals surface area contributed by atoms with E-state index in [0.29, 0.717) is 23.0 Å². The fraction of sp³-hybridized carbons (Fsp3) is 0.647. The third-order valence-electron chi connectivity index (χ3n) is 4.60. The Morgan fingerprint density at radius 3 is 2.33 bits per heavy atom. The Hall–Kier alpha value is -1.42. The van der Waals surface area contributed by atoms with Crippen LogP contribution in [0.3, 0.4) is 0 Å². The number of ether oxygens (including phenoxy) is 2. The van der Waals surface area contributed by atoms with Crippen molar-refractivity contribution < 1.29 is 14.6 Å². The van der Waals surface area contributed by atoms with Crippen molar-refractivity contribution in [3.05, 3.63) is 17.7 Å². The Labute approximate surface area is 127 Å². The van der Waals surface area contributed by atoms with Crippen molar-refractivity contribution in [3.8, 4) is 17.2 Å². The number of hydrogen-bond donors (Lipinski definition) is 2. The molecule has 0 bridgehead atoms. The van der Waals surface area contributed by atoms with E-state index < -0.39 is 0 Å². The first kappa shape index (κ1) is 16.0. The highest BCUT2D eigenvalue weighted by atomic mass is 16.5. The largest absolute Gasteiger partial charge is 0.502 e. The maximum atomic E-state index is 9.94. The second kappa shape index (κ2) is 6.56. The Kier molecular flexibility index (Phi) is 4.99. The number of phenolic OH excluding ortho intramolecular Hbond substituents is 1. The van der Waals surface area contributed by atoms with Crippen LogP contribution in [0.1, 0.15) is 45.1 Å². The molecule has 118 valence electrons. The topological polar surface area (TPSA) is 50.7 Å². The van der Waals surface area contributed by atoms with Gasteiger partial charge in [0.1, 0.15) is 0 Å². The lowest BCUT2D eigenvalue weighted by molar-refractivity contribution is 0.166. The molecule has 0 aliphatic heterocycles. The minimum absolute atomic E-state index is 0.0572. The first-order valence-corrected chi connectivity index (χ1v) is 7.65. The molecule has 0 aromatic heterocycles. The molecule has 1 saturated carbocycles. The van der Waals surface area contributed by atoms with Crippen molar-refractivity contribution in [2.75, 3.05) is 14.2 Å². The zero-order chi connectivity index (χ0) is 15.5. The van der Waals surface area contributed by atoms with Gasteiger partial charge in [0.15, 0.2) is 11.5 Å². The fourth-order valence-electron chi connectivity index (χ4n) is 3.16. The van der Waals surface area contributed by atoms with E-state index in [-0.39, 0.29) is 5.75 Å². The Bertz CT molecular complexity index is 460. The number of hydrogen-bond acceptors (Lipinski definition) is 4. The molecule has 1 fully saturated rings. The lowest BCUT2D eigenvalue weighted by Gasteiger charge is -2.39. The molecule has 0 saturated heterocycles. The molecule has 0 radical (unpaired) electrons. The van der Waals surface area contributed by atoms with Gasteiger partial charge in [-0.2, -0.15) is 0 Å². The number of benzene rings is 1. The summed E-state index contributed by atoms with van der Waals surface area (Å²) in [6.45, 7) is 5.42. The minimum atomic E-state index is 0.0572. The zero-order valence-corrected chi connectivity index (χ0v) is 13.5. The van der Waals surface area contributed by atoms with Gasteiger partial charge >= 0.3 is 0 Å². The summed E-state index contributed by atoms with van der Waals surface area (Å²) in [6, 6.07) is 4.25. The third kappa shape index (κ3) is 3.62. The molecule has 4 heteroatoms. The lowest BCUT2D eigenvalue weighted by atomic mass is 9.73. The number of methoxy groups -OCH3 is 2. The summed E-state index contributed by atoms with van der Waals surface area (Å²) in [7, 11) is 3.10. The van der Waals surface area contributed by atoms with E-state index in [1.807, 2.05) is 12.1 Å². The quantitative estimate of drug-likeness (QED) is 0.873. The maximum Gasteiger partial charge on any atom is 0.200 e. The van der Waals surface area contributed by atoms with Crippen LogP contribution >= 0.6 is 0 Å². The van der Waals surface area contributed by atoms with E-state index in [2.05, 4.69) is 19.2 Å². The molecule has 0 heterocycles. The monoisotopic (exact) mass is 293 g/mol. The molecule has 2 rings (SSSR count). The van der Waals surface area contributed by atoms with Gasteiger partial charge in [-0.1, -0.05) is 26.7 Å². The van der Waals surface area contributed by atoms with Gasteiger partial charge in [0.25, 0.3) is 0 Å². The summed E-state index contributed by atoms with van der Waals surface area (Å²) in [5.74, 6) is 0.963. The third-order valence-corrected chi connectivity index (χ3v) is 4.60. The van der Waals surface area contributed by atoms with E-state index in [1.54, 1.807) is 14.2 Å².